The van der Waals surface area contributed by atoms with Crippen molar-refractivity contribution in [1.29, 1.82) is 0 Å². The molecule has 6 nitrogen and oxygen atoms in total. The molecule has 0 spiro atoms. The Hall–Kier alpha value is -2.31. The van der Waals surface area contributed by atoms with Crippen LogP contribution < -0.4 is 15.0 Å². The maximum atomic E-state index is 12.7. The van der Waals surface area contributed by atoms with E-state index in [1.54, 1.807) is 6.07 Å². The van der Waals surface area contributed by atoms with E-state index in [2.05, 4.69) is 35.1 Å². The number of aryl methyl sites for hydroxylation is 1. The summed E-state index contributed by atoms with van der Waals surface area (Å²) in [7, 11) is 0. The molecule has 0 atom stereocenters. The van der Waals surface area contributed by atoms with Gasteiger partial charge in [0.05, 0.1) is 18.8 Å². The van der Waals surface area contributed by atoms with Gasteiger partial charge in [-0.05, 0) is 50.6 Å². The minimum Gasteiger partial charge on any atom is -0.473 e. The number of amides is 1. The van der Waals surface area contributed by atoms with Crippen molar-refractivity contribution in [2.24, 2.45) is 0 Å². The average molecular weight is 418 g/mol. The summed E-state index contributed by atoms with van der Waals surface area (Å²) in [5, 5.41) is 3.27. The smallest absolute Gasteiger partial charge is 0.257 e. The highest BCUT2D eigenvalue weighted by Crippen LogP contribution is 2.27. The second-order valence-electron chi connectivity index (χ2n) is 7.07. The molecule has 1 fully saturated rings. The van der Waals surface area contributed by atoms with E-state index < -0.39 is 0 Å². The molecule has 7 heteroatoms. The number of aromatic nitrogens is 1. The molecule has 2 aromatic rings. The van der Waals surface area contributed by atoms with Crippen LogP contribution >= 0.6 is 11.6 Å². The Labute approximate surface area is 177 Å². The Bertz CT molecular complexity index is 849. The topological polar surface area (TPSA) is 63.7 Å². The minimum atomic E-state index is -0.254. The molecule has 0 saturated carbocycles. The fourth-order valence-electron chi connectivity index (χ4n) is 3.36. The molecule has 3 rings (SSSR count). The molecule has 1 saturated heterocycles. The van der Waals surface area contributed by atoms with Crippen LogP contribution in [0.2, 0.25) is 5.02 Å². The van der Waals surface area contributed by atoms with Crippen molar-refractivity contribution in [3.63, 3.8) is 0 Å². The van der Waals surface area contributed by atoms with E-state index in [1.807, 2.05) is 19.1 Å². The van der Waals surface area contributed by atoms with E-state index in [0.717, 1.165) is 42.9 Å². The summed E-state index contributed by atoms with van der Waals surface area (Å²) in [6, 6.07) is 7.63. The zero-order valence-corrected chi connectivity index (χ0v) is 18.0. The number of hydrogen-bond acceptors (Lipinski definition) is 5. The standard InChI is InChI=1S/C22H28ClN3O3/c1-4-26(5-2)17-6-7-20(15(3)12-17)25-21(27)16-13-19(23)22(24-14-16)29-18-8-10-28-11-9-18/h6-7,12-14,18H,4-5,8-11H2,1-3H3,(H,25,27). The maximum absolute atomic E-state index is 12.7. The van der Waals surface area contributed by atoms with Crippen LogP contribution in [0.3, 0.4) is 0 Å². The molecule has 156 valence electrons. The van der Waals surface area contributed by atoms with Gasteiger partial charge in [0.25, 0.3) is 5.91 Å². The van der Waals surface area contributed by atoms with Crippen molar-refractivity contribution in [1.82, 2.24) is 4.98 Å². The second-order valence-corrected chi connectivity index (χ2v) is 7.47. The Balaban J connectivity index is 1.68. The third-order valence-corrected chi connectivity index (χ3v) is 5.37. The molecule has 0 bridgehead atoms. The molecule has 1 aromatic heterocycles. The highest BCUT2D eigenvalue weighted by molar-refractivity contribution is 6.32. The van der Waals surface area contributed by atoms with Crippen molar-refractivity contribution in [2.45, 2.75) is 39.7 Å². The fourth-order valence-corrected chi connectivity index (χ4v) is 3.57. The lowest BCUT2D eigenvalue weighted by Crippen LogP contribution is -2.26. The third kappa shape index (κ3) is 5.40. The van der Waals surface area contributed by atoms with Crippen LogP contribution in [0.1, 0.15) is 42.6 Å². The van der Waals surface area contributed by atoms with Gasteiger partial charge in [-0.3, -0.25) is 4.79 Å². The summed E-state index contributed by atoms with van der Waals surface area (Å²) in [5.74, 6) is 0.102. The Morgan fingerprint density at radius 1 is 1.28 bits per heavy atom. The van der Waals surface area contributed by atoms with E-state index >= 15 is 0 Å². The molecule has 0 aliphatic carbocycles. The average Bonchev–Trinajstić information content (AvgIpc) is 2.73. The number of ether oxygens (including phenoxy) is 2. The number of carbonyl (C=O) groups excluding carboxylic acids is 1. The number of halogens is 1. The minimum absolute atomic E-state index is 0.0420. The molecular formula is C22H28ClN3O3. The van der Waals surface area contributed by atoms with Crippen molar-refractivity contribution in [2.75, 3.05) is 36.5 Å². The van der Waals surface area contributed by atoms with Gasteiger partial charge < -0.3 is 19.7 Å². The van der Waals surface area contributed by atoms with Crippen molar-refractivity contribution >= 4 is 28.9 Å². The highest BCUT2D eigenvalue weighted by atomic mass is 35.5. The van der Waals surface area contributed by atoms with Gasteiger partial charge in [0.15, 0.2) is 0 Å². The Kier molecular flexibility index (Phi) is 7.34. The number of nitrogens with one attached hydrogen (secondary N) is 1. The predicted octanol–water partition coefficient (Wildman–Crippen LogP) is 4.70. The summed E-state index contributed by atoms with van der Waals surface area (Å²) >= 11 is 6.31. The zero-order chi connectivity index (χ0) is 20.8. The fraction of sp³-hybridized carbons (Fsp3) is 0.455. The lowest BCUT2D eigenvalue weighted by molar-refractivity contribution is 0.0238. The predicted molar refractivity (Wildman–Crippen MR) is 116 cm³/mol. The highest BCUT2D eigenvalue weighted by Gasteiger charge is 2.19. The maximum Gasteiger partial charge on any atom is 0.257 e. The molecule has 1 aliphatic heterocycles. The zero-order valence-electron chi connectivity index (χ0n) is 17.2. The second kappa shape index (κ2) is 9.94. The number of anilines is 2. The number of carbonyl (C=O) groups is 1. The van der Waals surface area contributed by atoms with E-state index in [4.69, 9.17) is 21.1 Å². The van der Waals surface area contributed by atoms with Crippen LogP contribution in [0.15, 0.2) is 30.5 Å². The third-order valence-electron chi connectivity index (χ3n) is 5.10. The lowest BCUT2D eigenvalue weighted by Gasteiger charge is -2.23. The van der Waals surface area contributed by atoms with E-state index in [-0.39, 0.29) is 12.0 Å². The summed E-state index contributed by atoms with van der Waals surface area (Å²) in [4.78, 5) is 19.2. The molecule has 1 aliphatic rings. The largest absolute Gasteiger partial charge is 0.473 e. The molecule has 2 heterocycles. The van der Waals surface area contributed by atoms with Crippen LogP contribution in [0, 0.1) is 6.92 Å². The van der Waals surface area contributed by atoms with Crippen molar-refractivity contribution in [3.8, 4) is 5.88 Å². The first-order valence-electron chi connectivity index (χ1n) is 10.1. The quantitative estimate of drug-likeness (QED) is 0.707. The van der Waals surface area contributed by atoms with Gasteiger partial charge >= 0.3 is 0 Å². The summed E-state index contributed by atoms with van der Waals surface area (Å²) in [6.45, 7) is 9.46. The van der Waals surface area contributed by atoms with Crippen molar-refractivity contribution in [3.05, 3.63) is 46.6 Å². The van der Waals surface area contributed by atoms with Crippen LogP contribution in [-0.4, -0.2) is 43.3 Å². The van der Waals surface area contributed by atoms with Gasteiger partial charge in [-0.1, -0.05) is 11.6 Å². The van der Waals surface area contributed by atoms with Gasteiger partial charge in [0.2, 0.25) is 5.88 Å². The van der Waals surface area contributed by atoms with Crippen molar-refractivity contribution < 1.29 is 14.3 Å². The Morgan fingerprint density at radius 2 is 2.00 bits per heavy atom. The normalized spacial score (nSPS) is 14.5. The summed E-state index contributed by atoms with van der Waals surface area (Å²) < 4.78 is 11.2. The number of hydrogen-bond donors (Lipinski definition) is 1. The number of pyridine rings is 1. The molecule has 1 amide bonds. The van der Waals surface area contributed by atoms with Gasteiger partial charge in [-0.25, -0.2) is 4.98 Å². The summed E-state index contributed by atoms with van der Waals surface area (Å²) in [5.41, 5.74) is 3.30. The Morgan fingerprint density at radius 3 is 2.62 bits per heavy atom. The molecule has 1 N–H and O–H groups in total. The van der Waals surface area contributed by atoms with E-state index in [9.17, 15) is 4.79 Å². The first-order chi connectivity index (χ1) is 14.0. The first kappa shape index (κ1) is 21.4. The first-order valence-corrected chi connectivity index (χ1v) is 10.5. The van der Waals surface area contributed by atoms with Crippen LogP contribution in [0.25, 0.3) is 0 Å². The monoisotopic (exact) mass is 417 g/mol. The SMILES string of the molecule is CCN(CC)c1ccc(NC(=O)c2cnc(OC3CCOCC3)c(Cl)c2)c(C)c1. The van der Waals surface area contributed by atoms with E-state index in [0.29, 0.717) is 29.7 Å². The number of benzene rings is 1. The van der Waals surface area contributed by atoms with Crippen LogP contribution in [0.5, 0.6) is 5.88 Å². The number of rotatable bonds is 7. The van der Waals surface area contributed by atoms with Gasteiger partial charge in [0, 0.05) is 43.5 Å². The molecule has 0 unspecified atom stereocenters. The van der Waals surface area contributed by atoms with Crippen LogP contribution in [0.4, 0.5) is 11.4 Å². The van der Waals surface area contributed by atoms with Gasteiger partial charge in [-0.15, -0.1) is 0 Å². The van der Waals surface area contributed by atoms with Gasteiger partial charge in [0.1, 0.15) is 11.1 Å². The molecule has 1 aromatic carbocycles. The molecule has 29 heavy (non-hydrogen) atoms. The van der Waals surface area contributed by atoms with E-state index in [1.165, 1.54) is 6.20 Å². The van der Waals surface area contributed by atoms with Gasteiger partial charge in [-0.2, -0.15) is 0 Å². The summed E-state index contributed by atoms with van der Waals surface area (Å²) in [6.07, 6.45) is 3.15. The molecular weight excluding hydrogens is 390 g/mol. The lowest BCUT2D eigenvalue weighted by atomic mass is 10.1. The molecule has 0 radical (unpaired) electrons. The number of nitrogens with zero attached hydrogens (tertiary/aromatic N) is 2. The van der Waals surface area contributed by atoms with Crippen LogP contribution in [-0.2, 0) is 4.74 Å².